The van der Waals surface area contributed by atoms with E-state index >= 15 is 0 Å². The number of pyridine rings is 1. The van der Waals surface area contributed by atoms with Gasteiger partial charge in [0.1, 0.15) is 30.0 Å². The Balaban J connectivity index is 1.27. The van der Waals surface area contributed by atoms with E-state index < -0.39 is 7.14 Å². The summed E-state index contributed by atoms with van der Waals surface area (Å²) in [7, 11) is 1.07. The molecule has 4 aromatic rings. The fourth-order valence-electron chi connectivity index (χ4n) is 6.70. The third kappa shape index (κ3) is 7.16. The Morgan fingerprint density at radius 1 is 1.00 bits per heavy atom. The molecule has 0 saturated carbocycles. The van der Waals surface area contributed by atoms with E-state index in [1.807, 2.05) is 19.1 Å². The molecular formula is C35H47N10O2P. The number of benzene rings is 1. The second kappa shape index (κ2) is 14.2. The highest BCUT2D eigenvalue weighted by Crippen LogP contribution is 2.41. The first-order chi connectivity index (χ1) is 23.0. The molecule has 1 aromatic carbocycles. The summed E-state index contributed by atoms with van der Waals surface area (Å²) >= 11 is 0. The van der Waals surface area contributed by atoms with Crippen LogP contribution < -0.4 is 25.6 Å². The van der Waals surface area contributed by atoms with Crippen molar-refractivity contribution in [1.29, 1.82) is 0 Å². The molecule has 0 radical (unpaired) electrons. The van der Waals surface area contributed by atoms with E-state index in [9.17, 15) is 4.57 Å². The van der Waals surface area contributed by atoms with Crippen molar-refractivity contribution in [3.05, 3.63) is 54.5 Å². The molecule has 13 heteroatoms. The Bertz CT molecular complexity index is 1850. The molecule has 2 saturated heterocycles. The zero-order chi connectivity index (χ0) is 34.0. The van der Waals surface area contributed by atoms with Crippen LogP contribution in [-0.2, 0) is 11.0 Å². The summed E-state index contributed by atoms with van der Waals surface area (Å²) in [6.45, 7) is 18.2. The van der Waals surface area contributed by atoms with E-state index in [2.05, 4.69) is 66.9 Å². The maximum absolute atomic E-state index is 13.5. The predicted molar refractivity (Wildman–Crippen MR) is 196 cm³/mol. The number of aromatic nitrogens is 5. The lowest BCUT2D eigenvalue weighted by Crippen LogP contribution is -2.52. The SMILES string of the molecule is C=C(C)c1cnc(Nc2cc(CC)c(N3CCC(N4CCN(C)CC4)CC3)nc2OC)nc1Nc1ccc2nccnc2c1P(C)(C)=O. The van der Waals surface area contributed by atoms with Crippen LogP contribution in [0, 0.1) is 0 Å². The summed E-state index contributed by atoms with van der Waals surface area (Å²) in [6, 6.07) is 6.46. The third-order valence-corrected chi connectivity index (χ3v) is 10.9. The number of nitrogens with zero attached hydrogens (tertiary/aromatic N) is 8. The first-order valence-electron chi connectivity index (χ1n) is 16.7. The number of aryl methyl sites for hydroxylation is 1. The Labute approximate surface area is 283 Å². The van der Waals surface area contributed by atoms with Gasteiger partial charge in [-0.05, 0) is 75.9 Å². The summed E-state index contributed by atoms with van der Waals surface area (Å²) in [5.41, 5.74) is 5.28. The minimum atomic E-state index is -2.77. The van der Waals surface area contributed by atoms with Crippen LogP contribution in [0.3, 0.4) is 0 Å². The van der Waals surface area contributed by atoms with Crippen molar-refractivity contribution >= 4 is 58.0 Å². The molecule has 0 amide bonds. The van der Waals surface area contributed by atoms with Gasteiger partial charge in [-0.2, -0.15) is 9.97 Å². The van der Waals surface area contributed by atoms with E-state index in [1.54, 1.807) is 39.0 Å². The van der Waals surface area contributed by atoms with Crippen LogP contribution in [0.5, 0.6) is 5.88 Å². The third-order valence-electron chi connectivity index (χ3n) is 9.34. The fourth-order valence-corrected chi connectivity index (χ4v) is 8.10. The number of likely N-dealkylation sites (N-methyl/N-ethyl adjacent to an activating group) is 1. The summed E-state index contributed by atoms with van der Waals surface area (Å²) in [4.78, 5) is 30.9. The van der Waals surface area contributed by atoms with E-state index in [1.165, 1.54) is 0 Å². The van der Waals surface area contributed by atoms with Gasteiger partial charge in [0.25, 0.3) is 0 Å². The van der Waals surface area contributed by atoms with E-state index in [0.29, 0.717) is 51.4 Å². The lowest BCUT2D eigenvalue weighted by Gasteiger charge is -2.42. The van der Waals surface area contributed by atoms with Crippen molar-refractivity contribution in [3.63, 3.8) is 0 Å². The van der Waals surface area contributed by atoms with Crippen LogP contribution in [0.25, 0.3) is 16.6 Å². The smallest absolute Gasteiger partial charge is 0.239 e. The Morgan fingerprint density at radius 2 is 1.73 bits per heavy atom. The number of fused-ring (bicyclic) bond motifs is 1. The minimum absolute atomic E-state index is 0.365. The molecule has 0 unspecified atom stereocenters. The maximum atomic E-state index is 13.5. The number of piperidine rings is 1. The number of anilines is 5. The second-order valence-electron chi connectivity index (χ2n) is 13.2. The van der Waals surface area contributed by atoms with Crippen molar-refractivity contribution < 1.29 is 9.30 Å². The minimum Gasteiger partial charge on any atom is -0.479 e. The molecule has 0 bridgehead atoms. The largest absolute Gasteiger partial charge is 0.479 e. The van der Waals surface area contributed by atoms with Crippen molar-refractivity contribution in [1.82, 2.24) is 34.7 Å². The number of hydrogen-bond donors (Lipinski definition) is 2. The number of ether oxygens (including phenoxy) is 1. The molecule has 0 aliphatic carbocycles. The molecular weight excluding hydrogens is 623 g/mol. The van der Waals surface area contributed by atoms with Gasteiger partial charge < -0.3 is 29.7 Å². The second-order valence-corrected chi connectivity index (χ2v) is 16.3. The van der Waals surface area contributed by atoms with Crippen LogP contribution in [0.15, 0.2) is 43.4 Å². The first-order valence-corrected chi connectivity index (χ1v) is 19.3. The molecule has 48 heavy (non-hydrogen) atoms. The van der Waals surface area contributed by atoms with Gasteiger partial charge in [-0.15, -0.1) is 0 Å². The van der Waals surface area contributed by atoms with E-state index in [-0.39, 0.29) is 0 Å². The predicted octanol–water partition coefficient (Wildman–Crippen LogP) is 5.37. The van der Waals surface area contributed by atoms with Crippen LogP contribution in [0.1, 0.15) is 37.8 Å². The fraction of sp³-hybridized carbons (Fsp3) is 0.457. The van der Waals surface area contributed by atoms with Gasteiger partial charge >= 0.3 is 0 Å². The highest BCUT2D eigenvalue weighted by Gasteiger charge is 2.29. The van der Waals surface area contributed by atoms with Crippen LogP contribution >= 0.6 is 7.14 Å². The molecule has 254 valence electrons. The number of methoxy groups -OCH3 is 1. The van der Waals surface area contributed by atoms with Crippen molar-refractivity contribution in [2.75, 3.05) is 82.3 Å². The molecule has 6 rings (SSSR count). The molecule has 12 nitrogen and oxygen atoms in total. The molecule has 2 aliphatic heterocycles. The van der Waals surface area contributed by atoms with Gasteiger partial charge in [-0.3, -0.25) is 14.9 Å². The summed E-state index contributed by atoms with van der Waals surface area (Å²) in [5.74, 6) is 2.36. The summed E-state index contributed by atoms with van der Waals surface area (Å²) in [5, 5.41) is 7.41. The van der Waals surface area contributed by atoms with Crippen LogP contribution in [-0.4, -0.2) is 108 Å². The van der Waals surface area contributed by atoms with Crippen molar-refractivity contribution in [2.24, 2.45) is 0 Å². The van der Waals surface area contributed by atoms with E-state index in [4.69, 9.17) is 14.7 Å². The molecule has 2 aliphatic rings. The first kappa shape index (κ1) is 33.8. The number of nitrogens with one attached hydrogen (secondary N) is 2. The Morgan fingerprint density at radius 3 is 2.40 bits per heavy atom. The van der Waals surface area contributed by atoms with Gasteiger partial charge in [0, 0.05) is 69.5 Å². The molecule has 0 atom stereocenters. The van der Waals surface area contributed by atoms with Crippen LogP contribution in [0.2, 0.25) is 0 Å². The number of rotatable bonds is 10. The van der Waals surface area contributed by atoms with Gasteiger partial charge in [0.05, 0.1) is 23.6 Å². The molecule has 3 aromatic heterocycles. The molecule has 2 fully saturated rings. The quantitative estimate of drug-likeness (QED) is 0.211. The zero-order valence-corrected chi connectivity index (χ0v) is 29.8. The van der Waals surface area contributed by atoms with Gasteiger partial charge in [-0.25, -0.2) is 4.98 Å². The van der Waals surface area contributed by atoms with Crippen molar-refractivity contribution in [3.8, 4) is 5.88 Å². The highest BCUT2D eigenvalue weighted by atomic mass is 31.2. The van der Waals surface area contributed by atoms with Gasteiger partial charge in [0.15, 0.2) is 0 Å². The zero-order valence-electron chi connectivity index (χ0n) is 29.0. The normalized spacial score (nSPS) is 16.7. The number of hydrogen-bond acceptors (Lipinski definition) is 12. The maximum Gasteiger partial charge on any atom is 0.239 e. The summed E-state index contributed by atoms with van der Waals surface area (Å²) in [6.07, 6.45) is 8.07. The number of allylic oxidation sites excluding steroid dienone is 1. The highest BCUT2D eigenvalue weighted by molar-refractivity contribution is 7.71. The molecule has 5 heterocycles. The van der Waals surface area contributed by atoms with Crippen molar-refractivity contribution in [2.45, 2.75) is 39.2 Å². The average molecular weight is 671 g/mol. The number of piperazine rings is 1. The standard InChI is InChI=1S/C35H47N10O2P/c1-8-24-21-29(34(47-5)42-33(24)45-15-11-25(12-16-45)44-19-17-43(4)18-20-44)40-35-38-22-26(23(2)3)32(41-35)39-28-10-9-27-30(37-14-13-36-27)31(28)48(6,7)46/h9-10,13-14,21-22,25H,2,8,11-12,15-20H2,1,3-7H3,(H2,38,39,40,41). The Kier molecular flexibility index (Phi) is 9.96. The lowest BCUT2D eigenvalue weighted by molar-refractivity contribution is 0.0981. The lowest BCUT2D eigenvalue weighted by atomic mass is 10.0. The summed E-state index contributed by atoms with van der Waals surface area (Å²) < 4.78 is 19.4. The average Bonchev–Trinajstić information content (AvgIpc) is 3.08. The molecule has 0 spiro atoms. The van der Waals surface area contributed by atoms with Gasteiger partial charge in [-0.1, -0.05) is 13.5 Å². The topological polar surface area (TPSA) is 125 Å². The Hall–Kier alpha value is -4.12. The molecule has 2 N–H and O–H groups in total. The van der Waals surface area contributed by atoms with Gasteiger partial charge in [0.2, 0.25) is 11.8 Å². The monoisotopic (exact) mass is 670 g/mol. The van der Waals surface area contributed by atoms with Crippen LogP contribution in [0.4, 0.5) is 29.0 Å². The van der Waals surface area contributed by atoms with E-state index in [0.717, 1.165) is 81.0 Å².